The van der Waals surface area contributed by atoms with Gasteiger partial charge in [0.05, 0.1) is 18.7 Å². The molecule has 0 radical (unpaired) electrons. The van der Waals surface area contributed by atoms with Crippen molar-refractivity contribution < 1.29 is 9.53 Å². The molecule has 29 heavy (non-hydrogen) atoms. The molecule has 0 fully saturated rings. The number of rotatable bonds is 5. The largest absolute Gasteiger partial charge is 0.496 e. The number of hydrogen-bond acceptors (Lipinski definition) is 7. The third-order valence-electron chi connectivity index (χ3n) is 4.85. The first kappa shape index (κ1) is 19.0. The van der Waals surface area contributed by atoms with E-state index in [0.717, 1.165) is 25.1 Å². The van der Waals surface area contributed by atoms with Crippen molar-refractivity contribution in [2.24, 2.45) is 0 Å². The van der Waals surface area contributed by atoms with Crippen molar-refractivity contribution in [1.29, 1.82) is 0 Å². The Morgan fingerprint density at radius 3 is 2.93 bits per heavy atom. The van der Waals surface area contributed by atoms with E-state index in [1.54, 1.807) is 17.9 Å². The highest BCUT2D eigenvalue weighted by Gasteiger charge is 2.19. The van der Waals surface area contributed by atoms with Crippen molar-refractivity contribution >= 4 is 11.7 Å². The van der Waals surface area contributed by atoms with E-state index in [2.05, 4.69) is 31.1 Å². The number of carbonyl (C=O) groups excluding carboxylic acids is 1. The molecule has 150 valence electrons. The summed E-state index contributed by atoms with van der Waals surface area (Å²) in [5.41, 5.74) is 3.38. The number of carbonyl (C=O) groups is 1. The van der Waals surface area contributed by atoms with E-state index in [1.165, 1.54) is 5.56 Å². The molecular formula is C20H23N7O2. The molecule has 3 aromatic rings. The zero-order valence-corrected chi connectivity index (χ0v) is 16.6. The minimum absolute atomic E-state index is 0.0911. The molecule has 0 bridgehead atoms. The maximum absolute atomic E-state index is 13.0. The Bertz CT molecular complexity index is 1050. The van der Waals surface area contributed by atoms with Crippen LogP contribution in [0.2, 0.25) is 0 Å². The van der Waals surface area contributed by atoms with Crippen LogP contribution in [0.4, 0.5) is 5.82 Å². The van der Waals surface area contributed by atoms with E-state index in [1.807, 2.05) is 38.1 Å². The second-order valence-corrected chi connectivity index (χ2v) is 7.15. The van der Waals surface area contributed by atoms with Gasteiger partial charge >= 0.3 is 0 Å². The zero-order chi connectivity index (χ0) is 20.4. The molecule has 0 spiro atoms. The van der Waals surface area contributed by atoms with Gasteiger partial charge in [0, 0.05) is 6.54 Å². The average Bonchev–Trinajstić information content (AvgIpc) is 3.23. The number of pyridine rings is 1. The van der Waals surface area contributed by atoms with Crippen LogP contribution in [0.5, 0.6) is 5.75 Å². The summed E-state index contributed by atoms with van der Waals surface area (Å²) < 4.78 is 7.15. The Morgan fingerprint density at radius 2 is 2.14 bits per heavy atom. The van der Waals surface area contributed by atoms with Gasteiger partial charge in [-0.1, -0.05) is 6.07 Å². The summed E-state index contributed by atoms with van der Waals surface area (Å²) in [5.74, 6) is 1.25. The Labute approximate surface area is 168 Å². The van der Waals surface area contributed by atoms with Gasteiger partial charge in [-0.3, -0.25) is 4.79 Å². The molecule has 0 atom stereocenters. The molecule has 2 N–H and O–H groups in total. The Kier molecular flexibility index (Phi) is 5.22. The van der Waals surface area contributed by atoms with Crippen molar-refractivity contribution in [3.8, 4) is 17.3 Å². The monoisotopic (exact) mass is 393 g/mol. The molecule has 4 rings (SSSR count). The van der Waals surface area contributed by atoms with Crippen LogP contribution in [-0.2, 0) is 13.0 Å². The second kappa shape index (κ2) is 7.96. The summed E-state index contributed by atoms with van der Waals surface area (Å²) in [6.07, 6.45) is 0.918. The molecule has 0 saturated carbocycles. The van der Waals surface area contributed by atoms with Crippen molar-refractivity contribution in [3.63, 3.8) is 0 Å². The molecule has 2 aromatic heterocycles. The Hall–Kier alpha value is -3.33. The highest BCUT2D eigenvalue weighted by molar-refractivity contribution is 6.06. The molecule has 1 aliphatic heterocycles. The fraction of sp³-hybridized carbons (Fsp3) is 0.350. The molecule has 1 aromatic carbocycles. The minimum atomic E-state index is -0.275. The van der Waals surface area contributed by atoms with Crippen LogP contribution in [0.1, 0.15) is 41.4 Å². The zero-order valence-electron chi connectivity index (χ0n) is 16.6. The van der Waals surface area contributed by atoms with Crippen molar-refractivity contribution in [2.75, 3.05) is 19.0 Å². The second-order valence-electron chi connectivity index (χ2n) is 7.15. The molecule has 0 aliphatic carbocycles. The maximum Gasteiger partial charge on any atom is 0.260 e. The lowest BCUT2D eigenvalue weighted by Gasteiger charge is -2.20. The lowest BCUT2D eigenvalue weighted by molar-refractivity contribution is 0.102. The number of ether oxygens (including phenoxy) is 1. The van der Waals surface area contributed by atoms with Gasteiger partial charge in [-0.15, -0.1) is 5.10 Å². The Morgan fingerprint density at radius 1 is 1.28 bits per heavy atom. The number of fused-ring (bicyclic) bond motifs is 1. The average molecular weight is 393 g/mol. The van der Waals surface area contributed by atoms with E-state index < -0.39 is 0 Å². The smallest absolute Gasteiger partial charge is 0.260 e. The third-order valence-corrected chi connectivity index (χ3v) is 4.85. The molecule has 3 heterocycles. The van der Waals surface area contributed by atoms with E-state index >= 15 is 0 Å². The summed E-state index contributed by atoms with van der Waals surface area (Å²) in [4.78, 5) is 17.5. The van der Waals surface area contributed by atoms with Crippen LogP contribution in [0.3, 0.4) is 0 Å². The van der Waals surface area contributed by atoms with Crippen molar-refractivity contribution in [3.05, 3.63) is 47.0 Å². The number of aromatic nitrogens is 5. The first-order valence-corrected chi connectivity index (χ1v) is 9.54. The normalized spacial score (nSPS) is 13.2. The quantitative estimate of drug-likeness (QED) is 0.684. The molecule has 0 saturated heterocycles. The number of anilines is 1. The van der Waals surface area contributed by atoms with E-state index in [0.29, 0.717) is 28.6 Å². The van der Waals surface area contributed by atoms with Crippen LogP contribution >= 0.6 is 0 Å². The van der Waals surface area contributed by atoms with Gasteiger partial charge < -0.3 is 15.4 Å². The lowest BCUT2D eigenvalue weighted by Crippen LogP contribution is -2.24. The van der Waals surface area contributed by atoms with Crippen LogP contribution in [0, 0.1) is 0 Å². The fourth-order valence-corrected chi connectivity index (χ4v) is 3.38. The lowest BCUT2D eigenvalue weighted by atomic mass is 9.97. The molecule has 1 amide bonds. The first-order valence-electron chi connectivity index (χ1n) is 9.54. The van der Waals surface area contributed by atoms with E-state index in [-0.39, 0.29) is 11.9 Å². The highest BCUT2D eigenvalue weighted by atomic mass is 16.5. The molecule has 0 unspecified atom stereocenters. The number of hydrogen-bond donors (Lipinski definition) is 2. The number of nitrogens with zero attached hydrogens (tertiary/aromatic N) is 5. The highest BCUT2D eigenvalue weighted by Crippen LogP contribution is 2.27. The molecule has 9 heteroatoms. The standard InChI is InChI=1S/C20H23N7O2/c1-12(2)27-19(24-25-26-27)16-5-4-6-18(22-16)23-20(28)15-9-14-11-21-8-7-13(14)10-17(15)29-3/h4-6,9-10,12,21H,7-8,11H2,1-3H3,(H,22,23,28). The number of tetrazole rings is 1. The van der Waals surface area contributed by atoms with Gasteiger partial charge in [-0.25, -0.2) is 9.67 Å². The van der Waals surface area contributed by atoms with Crippen molar-refractivity contribution in [2.45, 2.75) is 32.9 Å². The van der Waals surface area contributed by atoms with Gasteiger partial charge in [-0.2, -0.15) is 0 Å². The van der Waals surface area contributed by atoms with Gasteiger partial charge in [0.15, 0.2) is 0 Å². The summed E-state index contributed by atoms with van der Waals surface area (Å²) >= 11 is 0. The minimum Gasteiger partial charge on any atom is -0.496 e. The van der Waals surface area contributed by atoms with Crippen LogP contribution in [-0.4, -0.2) is 44.8 Å². The van der Waals surface area contributed by atoms with Crippen LogP contribution < -0.4 is 15.4 Å². The summed E-state index contributed by atoms with van der Waals surface area (Å²) in [7, 11) is 1.57. The SMILES string of the molecule is COc1cc2c(cc1C(=O)Nc1cccc(-c3nnnn3C(C)C)n1)CNCC2. The van der Waals surface area contributed by atoms with Crippen molar-refractivity contribution in [1.82, 2.24) is 30.5 Å². The van der Waals surface area contributed by atoms with E-state index in [4.69, 9.17) is 4.74 Å². The third kappa shape index (κ3) is 3.81. The van der Waals surface area contributed by atoms with Gasteiger partial charge in [0.2, 0.25) is 5.82 Å². The van der Waals surface area contributed by atoms with E-state index in [9.17, 15) is 4.79 Å². The fourth-order valence-electron chi connectivity index (χ4n) is 3.38. The number of benzene rings is 1. The molecular weight excluding hydrogens is 370 g/mol. The first-order chi connectivity index (χ1) is 14.1. The summed E-state index contributed by atoms with van der Waals surface area (Å²) in [6, 6.07) is 9.28. The predicted octanol–water partition coefficient (Wildman–Crippen LogP) is 2.22. The van der Waals surface area contributed by atoms with Crippen LogP contribution in [0.25, 0.3) is 11.5 Å². The summed E-state index contributed by atoms with van der Waals surface area (Å²) in [6.45, 7) is 5.64. The van der Waals surface area contributed by atoms with Gasteiger partial charge in [-0.05, 0) is 72.6 Å². The number of amides is 1. The summed E-state index contributed by atoms with van der Waals surface area (Å²) in [5, 5.41) is 18.0. The van der Waals surface area contributed by atoms with Gasteiger partial charge in [0.1, 0.15) is 17.3 Å². The predicted molar refractivity (Wildman–Crippen MR) is 108 cm³/mol. The molecule has 9 nitrogen and oxygen atoms in total. The Balaban J connectivity index is 1.62. The van der Waals surface area contributed by atoms with Gasteiger partial charge in [0.25, 0.3) is 5.91 Å². The van der Waals surface area contributed by atoms with Crippen LogP contribution in [0.15, 0.2) is 30.3 Å². The molecule has 1 aliphatic rings. The topological polar surface area (TPSA) is 107 Å². The maximum atomic E-state index is 13.0. The number of methoxy groups -OCH3 is 1. The number of nitrogens with one attached hydrogen (secondary N) is 2.